The number of nitrogens with zero attached hydrogens (tertiary/aromatic N) is 1. The molecule has 0 aliphatic rings. The Balaban J connectivity index is 2.09. The van der Waals surface area contributed by atoms with Crippen molar-refractivity contribution in [1.82, 2.24) is 0 Å². The van der Waals surface area contributed by atoms with Crippen molar-refractivity contribution in [2.45, 2.75) is 0 Å². The van der Waals surface area contributed by atoms with Gasteiger partial charge < -0.3 is 24.7 Å². The van der Waals surface area contributed by atoms with Gasteiger partial charge in [-0.2, -0.15) is 5.26 Å². The Bertz CT molecular complexity index is 921. The van der Waals surface area contributed by atoms with Crippen LogP contribution in [-0.2, 0) is 4.79 Å². The number of ether oxygens (including phenoxy) is 4. The van der Waals surface area contributed by atoms with E-state index in [1.165, 1.54) is 13.2 Å². The van der Waals surface area contributed by atoms with Crippen molar-refractivity contribution in [3.63, 3.8) is 0 Å². The zero-order valence-electron chi connectivity index (χ0n) is 15.4. The van der Waals surface area contributed by atoms with Gasteiger partial charge in [-0.05, 0) is 58.5 Å². The lowest BCUT2D eigenvalue weighted by atomic mass is 10.1. The molecule has 2 aromatic rings. The summed E-state index contributed by atoms with van der Waals surface area (Å²) in [6, 6.07) is 12.6. The molecule has 0 aliphatic carbocycles. The maximum Gasteiger partial charge on any atom is 0.259 e. The molecule has 0 aliphatic heterocycles. The average molecular weight is 494 g/mol. The number of amides is 1. The summed E-state index contributed by atoms with van der Waals surface area (Å²) in [5, 5.41) is 8.98. The number of carbonyl (C=O) groups is 1. The number of hydrogen-bond acceptors (Lipinski definition) is 6. The first kappa shape index (κ1) is 21.4. The van der Waals surface area contributed by atoms with Gasteiger partial charge in [0.2, 0.25) is 0 Å². The normalized spacial score (nSPS) is 10.7. The summed E-state index contributed by atoms with van der Waals surface area (Å²) in [6.45, 7) is 0.589. The average Bonchev–Trinajstić information content (AvgIpc) is 2.70. The molecule has 28 heavy (non-hydrogen) atoms. The van der Waals surface area contributed by atoms with Crippen molar-refractivity contribution < 1.29 is 23.7 Å². The second-order valence-electron chi connectivity index (χ2n) is 5.42. The van der Waals surface area contributed by atoms with Gasteiger partial charge in [-0.25, -0.2) is 0 Å². The molecule has 1 amide bonds. The minimum Gasteiger partial charge on any atom is -0.493 e. The van der Waals surface area contributed by atoms with Crippen LogP contribution in [0.3, 0.4) is 0 Å². The summed E-state index contributed by atoms with van der Waals surface area (Å²) in [7, 11) is 3.09. The van der Waals surface area contributed by atoms with E-state index in [1.807, 2.05) is 24.3 Å². The molecule has 0 fully saturated rings. The summed E-state index contributed by atoms with van der Waals surface area (Å²) in [5.74, 6) is 1.50. The minimum atomic E-state index is -0.787. The standard InChI is InChI=1S/C20H19IN2O5/c1-25-16-5-3-4-6-17(16)27-7-8-28-19-15(21)10-13(11-18(19)26-2)9-14(12-22)20(23)24/h3-6,9-11H,7-8H2,1-2H3,(H2,23,24). The van der Waals surface area contributed by atoms with Gasteiger partial charge in [-0.1, -0.05) is 12.1 Å². The van der Waals surface area contributed by atoms with Gasteiger partial charge in [0.25, 0.3) is 5.91 Å². The number of carbonyl (C=O) groups excluding carboxylic acids is 1. The summed E-state index contributed by atoms with van der Waals surface area (Å²) in [5.41, 5.74) is 5.64. The Morgan fingerprint density at radius 2 is 1.75 bits per heavy atom. The molecule has 7 nitrogen and oxygen atoms in total. The van der Waals surface area contributed by atoms with Crippen LogP contribution in [0.15, 0.2) is 42.0 Å². The van der Waals surface area contributed by atoms with Crippen molar-refractivity contribution in [3.8, 4) is 29.1 Å². The topological polar surface area (TPSA) is 104 Å². The van der Waals surface area contributed by atoms with E-state index < -0.39 is 5.91 Å². The molecule has 2 aromatic carbocycles. The van der Waals surface area contributed by atoms with Gasteiger partial charge in [0.1, 0.15) is 24.9 Å². The fourth-order valence-corrected chi connectivity index (χ4v) is 3.10. The Morgan fingerprint density at radius 3 is 2.36 bits per heavy atom. The van der Waals surface area contributed by atoms with E-state index in [4.69, 9.17) is 29.9 Å². The molecule has 0 bridgehead atoms. The van der Waals surface area contributed by atoms with Crippen molar-refractivity contribution in [2.24, 2.45) is 5.73 Å². The highest BCUT2D eigenvalue weighted by molar-refractivity contribution is 14.1. The predicted molar refractivity (Wildman–Crippen MR) is 112 cm³/mol. The van der Waals surface area contributed by atoms with E-state index >= 15 is 0 Å². The largest absolute Gasteiger partial charge is 0.493 e. The third kappa shape index (κ3) is 5.53. The fourth-order valence-electron chi connectivity index (χ4n) is 2.32. The van der Waals surface area contributed by atoms with E-state index in [9.17, 15) is 4.79 Å². The third-order valence-electron chi connectivity index (χ3n) is 3.61. The third-order valence-corrected chi connectivity index (χ3v) is 4.41. The van der Waals surface area contributed by atoms with Crippen LogP contribution in [0.5, 0.6) is 23.0 Å². The Labute approximate surface area is 176 Å². The predicted octanol–water partition coefficient (Wildman–Crippen LogP) is 3.16. The first-order chi connectivity index (χ1) is 13.5. The summed E-state index contributed by atoms with van der Waals surface area (Å²) in [6.07, 6.45) is 1.40. The smallest absolute Gasteiger partial charge is 0.259 e. The number of nitrogens with two attached hydrogens (primary N) is 1. The first-order valence-electron chi connectivity index (χ1n) is 8.18. The molecule has 2 N–H and O–H groups in total. The number of para-hydroxylation sites is 2. The van der Waals surface area contributed by atoms with Gasteiger partial charge in [0.15, 0.2) is 23.0 Å². The van der Waals surface area contributed by atoms with E-state index in [0.717, 1.165) is 3.57 Å². The number of benzene rings is 2. The van der Waals surface area contributed by atoms with Crippen molar-refractivity contribution in [2.75, 3.05) is 27.4 Å². The number of nitriles is 1. The van der Waals surface area contributed by atoms with Crippen LogP contribution in [0.1, 0.15) is 5.56 Å². The molecule has 0 aromatic heterocycles. The molecule has 8 heteroatoms. The highest BCUT2D eigenvalue weighted by Crippen LogP contribution is 2.34. The first-order valence-corrected chi connectivity index (χ1v) is 9.25. The van der Waals surface area contributed by atoms with Crippen molar-refractivity contribution in [1.29, 1.82) is 5.26 Å². The molecule has 0 saturated carbocycles. The fraction of sp³-hybridized carbons (Fsp3) is 0.200. The van der Waals surface area contributed by atoms with Gasteiger partial charge in [-0.3, -0.25) is 4.79 Å². The molecule has 0 radical (unpaired) electrons. The lowest BCUT2D eigenvalue weighted by Gasteiger charge is -2.15. The SMILES string of the molecule is COc1ccccc1OCCOc1c(I)cc(C=C(C#N)C(N)=O)cc1OC. The molecular weight excluding hydrogens is 475 g/mol. The van der Waals surface area contributed by atoms with Crippen LogP contribution in [0.4, 0.5) is 0 Å². The summed E-state index contributed by atoms with van der Waals surface area (Å²) >= 11 is 2.09. The van der Waals surface area contributed by atoms with Crippen molar-refractivity contribution >= 4 is 34.6 Å². The van der Waals surface area contributed by atoms with Gasteiger partial charge in [-0.15, -0.1) is 0 Å². The summed E-state index contributed by atoms with van der Waals surface area (Å²) in [4.78, 5) is 11.2. The molecule has 2 rings (SSSR count). The zero-order valence-corrected chi connectivity index (χ0v) is 17.6. The van der Waals surface area contributed by atoms with Crippen LogP contribution in [-0.4, -0.2) is 33.3 Å². The molecule has 0 heterocycles. The Hall–Kier alpha value is -2.93. The van der Waals surface area contributed by atoms with E-state index in [-0.39, 0.29) is 12.2 Å². The quantitative estimate of drug-likeness (QED) is 0.249. The van der Waals surface area contributed by atoms with Crippen LogP contribution < -0.4 is 24.7 Å². The van der Waals surface area contributed by atoms with Crippen LogP contribution in [0.2, 0.25) is 0 Å². The van der Waals surface area contributed by atoms with E-state index in [0.29, 0.717) is 35.2 Å². The van der Waals surface area contributed by atoms with Gasteiger partial charge in [0.05, 0.1) is 17.8 Å². The number of rotatable bonds is 9. The second-order valence-corrected chi connectivity index (χ2v) is 6.58. The van der Waals surface area contributed by atoms with Crippen LogP contribution in [0, 0.1) is 14.9 Å². The Kier molecular flexibility index (Phi) is 7.95. The van der Waals surface area contributed by atoms with Crippen LogP contribution in [0.25, 0.3) is 6.08 Å². The number of halogens is 1. The van der Waals surface area contributed by atoms with Gasteiger partial charge in [0, 0.05) is 0 Å². The lowest BCUT2D eigenvalue weighted by Crippen LogP contribution is -2.12. The number of methoxy groups -OCH3 is 2. The number of hydrogen-bond donors (Lipinski definition) is 1. The van der Waals surface area contributed by atoms with Crippen LogP contribution >= 0.6 is 22.6 Å². The highest BCUT2D eigenvalue weighted by atomic mass is 127. The maximum atomic E-state index is 11.2. The maximum absolute atomic E-state index is 11.2. The van der Waals surface area contributed by atoms with E-state index in [1.54, 1.807) is 25.3 Å². The molecule has 146 valence electrons. The molecule has 0 spiro atoms. The summed E-state index contributed by atoms with van der Waals surface area (Å²) < 4.78 is 22.9. The van der Waals surface area contributed by atoms with Crippen molar-refractivity contribution in [3.05, 3.63) is 51.1 Å². The zero-order chi connectivity index (χ0) is 20.5. The number of primary amides is 1. The van der Waals surface area contributed by atoms with Gasteiger partial charge >= 0.3 is 0 Å². The molecule has 0 saturated heterocycles. The Morgan fingerprint density at radius 1 is 1.11 bits per heavy atom. The monoisotopic (exact) mass is 494 g/mol. The highest BCUT2D eigenvalue weighted by Gasteiger charge is 2.13. The molecule has 0 atom stereocenters. The molecular formula is C20H19IN2O5. The molecule has 0 unspecified atom stereocenters. The lowest BCUT2D eigenvalue weighted by molar-refractivity contribution is -0.114. The minimum absolute atomic E-state index is 0.142. The van der Waals surface area contributed by atoms with E-state index in [2.05, 4.69) is 22.6 Å². The second kappa shape index (κ2) is 10.4.